The van der Waals surface area contributed by atoms with Crippen LogP contribution in [0.5, 0.6) is 5.75 Å². The molecule has 0 aliphatic carbocycles. The van der Waals surface area contributed by atoms with Gasteiger partial charge in [0.15, 0.2) is 0 Å². The summed E-state index contributed by atoms with van der Waals surface area (Å²) < 4.78 is 5.55. The summed E-state index contributed by atoms with van der Waals surface area (Å²) in [4.78, 5) is 22.8. The third kappa shape index (κ3) is 4.43. The number of anilines is 1. The zero-order valence-electron chi connectivity index (χ0n) is 12.6. The number of nitrogens with one attached hydrogen (secondary N) is 1. The van der Waals surface area contributed by atoms with Gasteiger partial charge in [0, 0.05) is 22.8 Å². The van der Waals surface area contributed by atoms with Gasteiger partial charge in [-0.3, -0.25) is 14.9 Å². The van der Waals surface area contributed by atoms with Gasteiger partial charge in [0.25, 0.3) is 11.6 Å². The normalized spacial score (nSPS) is 10.4. The molecular formula is C16H15ClN2O4. The molecule has 0 aliphatic rings. The molecular weight excluding hydrogens is 320 g/mol. The van der Waals surface area contributed by atoms with Crippen molar-refractivity contribution in [3.05, 3.63) is 63.2 Å². The van der Waals surface area contributed by atoms with Crippen LogP contribution in [0.3, 0.4) is 0 Å². The summed E-state index contributed by atoms with van der Waals surface area (Å²) in [5, 5.41) is 14.1. The Hall–Kier alpha value is -2.60. The van der Waals surface area contributed by atoms with E-state index in [-0.39, 0.29) is 23.1 Å². The number of benzene rings is 2. The van der Waals surface area contributed by atoms with Crippen LogP contribution < -0.4 is 10.1 Å². The second-order valence-electron chi connectivity index (χ2n) is 5.07. The number of rotatable bonds is 5. The van der Waals surface area contributed by atoms with Crippen LogP contribution in [0.1, 0.15) is 24.2 Å². The molecule has 2 rings (SSSR count). The van der Waals surface area contributed by atoms with Crippen molar-refractivity contribution in [2.75, 3.05) is 5.32 Å². The fourth-order valence-electron chi connectivity index (χ4n) is 1.93. The topological polar surface area (TPSA) is 81.5 Å². The van der Waals surface area contributed by atoms with Crippen LogP contribution in [0.25, 0.3) is 0 Å². The van der Waals surface area contributed by atoms with Crippen LogP contribution in [0.15, 0.2) is 42.5 Å². The highest BCUT2D eigenvalue weighted by Crippen LogP contribution is 2.26. The van der Waals surface area contributed by atoms with E-state index in [1.165, 1.54) is 18.2 Å². The number of hydrogen-bond acceptors (Lipinski definition) is 4. The molecule has 0 unspecified atom stereocenters. The zero-order valence-corrected chi connectivity index (χ0v) is 13.3. The Labute approximate surface area is 138 Å². The molecule has 0 atom stereocenters. The Balaban J connectivity index is 2.35. The molecule has 2 aromatic carbocycles. The number of nitrogens with zero attached hydrogens (tertiary/aromatic N) is 1. The smallest absolute Gasteiger partial charge is 0.270 e. The second kappa shape index (κ2) is 7.11. The molecule has 1 N–H and O–H groups in total. The van der Waals surface area contributed by atoms with E-state index in [2.05, 4.69) is 5.32 Å². The van der Waals surface area contributed by atoms with Crippen molar-refractivity contribution < 1.29 is 14.5 Å². The lowest BCUT2D eigenvalue weighted by atomic mass is 10.1. The SMILES string of the molecule is CC(C)Oc1ccc([N+](=O)[O-])cc1C(=O)Nc1cccc(Cl)c1. The van der Waals surface area contributed by atoms with E-state index in [1.54, 1.807) is 38.1 Å². The van der Waals surface area contributed by atoms with Crippen molar-refractivity contribution in [2.45, 2.75) is 20.0 Å². The molecule has 0 aliphatic heterocycles. The number of hydrogen-bond donors (Lipinski definition) is 1. The van der Waals surface area contributed by atoms with Gasteiger partial charge in [0.2, 0.25) is 0 Å². The Morgan fingerprint density at radius 1 is 1.26 bits per heavy atom. The van der Waals surface area contributed by atoms with Crippen molar-refractivity contribution in [2.24, 2.45) is 0 Å². The molecule has 7 heteroatoms. The van der Waals surface area contributed by atoms with Crippen LogP contribution in [-0.2, 0) is 0 Å². The van der Waals surface area contributed by atoms with Crippen LogP contribution >= 0.6 is 11.6 Å². The van der Waals surface area contributed by atoms with Gasteiger partial charge < -0.3 is 10.1 Å². The molecule has 0 fully saturated rings. The van der Waals surface area contributed by atoms with E-state index >= 15 is 0 Å². The fraction of sp³-hybridized carbons (Fsp3) is 0.188. The third-order valence-electron chi connectivity index (χ3n) is 2.86. The number of nitro groups is 1. The van der Waals surface area contributed by atoms with Crippen molar-refractivity contribution in [1.82, 2.24) is 0 Å². The largest absolute Gasteiger partial charge is 0.490 e. The molecule has 0 saturated heterocycles. The maximum Gasteiger partial charge on any atom is 0.270 e. The summed E-state index contributed by atoms with van der Waals surface area (Å²) in [6.45, 7) is 3.61. The zero-order chi connectivity index (χ0) is 17.0. The van der Waals surface area contributed by atoms with Gasteiger partial charge in [-0.25, -0.2) is 0 Å². The number of nitro benzene ring substituents is 1. The van der Waals surface area contributed by atoms with E-state index in [9.17, 15) is 14.9 Å². The number of carbonyl (C=O) groups is 1. The third-order valence-corrected chi connectivity index (χ3v) is 3.10. The van der Waals surface area contributed by atoms with Crippen molar-refractivity contribution in [3.8, 4) is 5.75 Å². The van der Waals surface area contributed by atoms with Gasteiger partial charge in [-0.15, -0.1) is 0 Å². The van der Waals surface area contributed by atoms with Gasteiger partial charge in [0.05, 0.1) is 16.6 Å². The van der Waals surface area contributed by atoms with Gasteiger partial charge in [-0.1, -0.05) is 17.7 Å². The van der Waals surface area contributed by atoms with Crippen LogP contribution in [0.2, 0.25) is 5.02 Å². The number of non-ortho nitro benzene ring substituents is 1. The molecule has 0 radical (unpaired) electrons. The lowest BCUT2D eigenvalue weighted by Gasteiger charge is -2.14. The molecule has 0 bridgehead atoms. The second-order valence-corrected chi connectivity index (χ2v) is 5.51. The lowest BCUT2D eigenvalue weighted by molar-refractivity contribution is -0.384. The number of halogens is 1. The first kappa shape index (κ1) is 16.8. The summed E-state index contributed by atoms with van der Waals surface area (Å²) in [6.07, 6.45) is -0.172. The van der Waals surface area contributed by atoms with Crippen molar-refractivity contribution in [3.63, 3.8) is 0 Å². The first-order valence-electron chi connectivity index (χ1n) is 6.89. The molecule has 0 spiro atoms. The summed E-state index contributed by atoms with van der Waals surface area (Å²) in [6, 6.07) is 10.5. The lowest BCUT2D eigenvalue weighted by Crippen LogP contribution is -2.16. The summed E-state index contributed by atoms with van der Waals surface area (Å²) in [5.41, 5.74) is 0.398. The predicted molar refractivity (Wildman–Crippen MR) is 88.3 cm³/mol. The highest BCUT2D eigenvalue weighted by Gasteiger charge is 2.19. The molecule has 2 aromatic rings. The summed E-state index contributed by atoms with van der Waals surface area (Å²) >= 11 is 5.88. The van der Waals surface area contributed by atoms with Gasteiger partial charge in [-0.05, 0) is 38.1 Å². The molecule has 0 saturated carbocycles. The number of ether oxygens (including phenoxy) is 1. The van der Waals surface area contributed by atoms with E-state index in [0.717, 1.165) is 0 Å². The molecule has 1 amide bonds. The van der Waals surface area contributed by atoms with Crippen LogP contribution in [-0.4, -0.2) is 16.9 Å². The Morgan fingerprint density at radius 3 is 2.61 bits per heavy atom. The van der Waals surface area contributed by atoms with Gasteiger partial charge >= 0.3 is 0 Å². The Morgan fingerprint density at radius 2 is 2.00 bits per heavy atom. The summed E-state index contributed by atoms with van der Waals surface area (Å²) in [7, 11) is 0. The van der Waals surface area contributed by atoms with Crippen molar-refractivity contribution in [1.29, 1.82) is 0 Å². The minimum Gasteiger partial charge on any atom is -0.490 e. The maximum absolute atomic E-state index is 12.4. The van der Waals surface area contributed by atoms with Crippen molar-refractivity contribution >= 4 is 28.9 Å². The molecule has 0 aromatic heterocycles. The standard InChI is InChI=1S/C16H15ClN2O4/c1-10(2)23-15-7-6-13(19(21)22)9-14(15)16(20)18-12-5-3-4-11(17)8-12/h3-10H,1-2H3,(H,18,20). The highest BCUT2D eigenvalue weighted by molar-refractivity contribution is 6.31. The highest BCUT2D eigenvalue weighted by atomic mass is 35.5. The Bertz CT molecular complexity index is 747. The Kier molecular flexibility index (Phi) is 5.18. The minimum atomic E-state index is -0.560. The predicted octanol–water partition coefficient (Wildman–Crippen LogP) is 4.29. The summed E-state index contributed by atoms with van der Waals surface area (Å²) in [5.74, 6) is -0.225. The first-order chi connectivity index (χ1) is 10.9. The minimum absolute atomic E-state index is 0.0906. The average Bonchev–Trinajstić information content (AvgIpc) is 2.46. The van der Waals surface area contributed by atoms with E-state index in [1.807, 2.05) is 0 Å². The van der Waals surface area contributed by atoms with Crippen LogP contribution in [0.4, 0.5) is 11.4 Å². The average molecular weight is 335 g/mol. The van der Waals surface area contributed by atoms with Gasteiger partial charge in [0.1, 0.15) is 5.75 Å². The molecule has 120 valence electrons. The molecule has 23 heavy (non-hydrogen) atoms. The maximum atomic E-state index is 12.4. The van der Waals surface area contributed by atoms with E-state index in [0.29, 0.717) is 10.7 Å². The molecule has 6 nitrogen and oxygen atoms in total. The number of carbonyl (C=O) groups excluding carboxylic acids is 1. The monoisotopic (exact) mass is 334 g/mol. The first-order valence-corrected chi connectivity index (χ1v) is 7.26. The number of amides is 1. The van der Waals surface area contributed by atoms with E-state index < -0.39 is 10.8 Å². The quantitative estimate of drug-likeness (QED) is 0.653. The molecule has 0 heterocycles. The van der Waals surface area contributed by atoms with Gasteiger partial charge in [-0.2, -0.15) is 0 Å². The van der Waals surface area contributed by atoms with E-state index in [4.69, 9.17) is 16.3 Å². The fourth-order valence-corrected chi connectivity index (χ4v) is 2.12. The van der Waals surface area contributed by atoms with Crippen LogP contribution in [0, 0.1) is 10.1 Å².